The molecule has 1 heterocycles. The Morgan fingerprint density at radius 3 is 2.61 bits per heavy atom. The highest BCUT2D eigenvalue weighted by Gasteiger charge is 2.08. The number of rotatable bonds is 7. The van der Waals surface area contributed by atoms with Crippen LogP contribution in [0, 0.1) is 0 Å². The van der Waals surface area contributed by atoms with Gasteiger partial charge >= 0.3 is 0 Å². The van der Waals surface area contributed by atoms with Crippen LogP contribution in [0.5, 0.6) is 5.88 Å². The Bertz CT molecular complexity index is 366. The lowest BCUT2D eigenvalue weighted by Gasteiger charge is -2.12. The van der Waals surface area contributed by atoms with Crippen molar-refractivity contribution in [1.29, 1.82) is 0 Å². The lowest BCUT2D eigenvalue weighted by molar-refractivity contribution is 0.393. The topological polar surface area (TPSA) is 50.3 Å². The number of hydrogen-bond donors (Lipinski definition) is 1. The van der Waals surface area contributed by atoms with Crippen molar-refractivity contribution in [1.82, 2.24) is 14.9 Å². The lowest BCUT2D eigenvalue weighted by atomic mass is 10.2. The molecule has 1 aromatic rings. The molecule has 0 spiro atoms. The fraction of sp³-hybridized carbons (Fsp3) is 0.692. The molecule has 0 aromatic carbocycles. The predicted octanol–water partition coefficient (Wildman–Crippen LogP) is 1.97. The fourth-order valence-electron chi connectivity index (χ4n) is 1.51. The monoisotopic (exact) mass is 252 g/mol. The molecule has 0 aliphatic heterocycles. The minimum Gasteiger partial charge on any atom is -0.481 e. The van der Waals surface area contributed by atoms with Gasteiger partial charge in [0.25, 0.3) is 0 Å². The molecule has 0 radical (unpaired) electrons. The molecule has 0 fully saturated rings. The van der Waals surface area contributed by atoms with E-state index >= 15 is 0 Å². The molecule has 18 heavy (non-hydrogen) atoms. The Kier molecular flexibility index (Phi) is 5.85. The molecule has 0 saturated heterocycles. The summed E-state index contributed by atoms with van der Waals surface area (Å²) in [7, 11) is 5.78. The molecule has 102 valence electrons. The van der Waals surface area contributed by atoms with E-state index in [1.165, 1.54) is 0 Å². The minimum atomic E-state index is 0.294. The van der Waals surface area contributed by atoms with Crippen molar-refractivity contribution in [3.63, 3.8) is 0 Å². The lowest BCUT2D eigenvalue weighted by Crippen LogP contribution is -2.17. The smallest absolute Gasteiger partial charge is 0.218 e. The van der Waals surface area contributed by atoms with Gasteiger partial charge in [-0.15, -0.1) is 0 Å². The van der Waals surface area contributed by atoms with Crippen molar-refractivity contribution in [3.8, 4) is 5.88 Å². The van der Waals surface area contributed by atoms with Crippen molar-refractivity contribution >= 4 is 5.82 Å². The van der Waals surface area contributed by atoms with Crippen LogP contribution >= 0.6 is 0 Å². The summed E-state index contributed by atoms with van der Waals surface area (Å²) in [6.07, 6.45) is 1.08. The van der Waals surface area contributed by atoms with E-state index in [0.29, 0.717) is 11.8 Å². The molecule has 0 unspecified atom stereocenters. The first-order valence-electron chi connectivity index (χ1n) is 6.34. The summed E-state index contributed by atoms with van der Waals surface area (Å²) in [4.78, 5) is 11.0. The van der Waals surface area contributed by atoms with Gasteiger partial charge in [-0.3, -0.25) is 0 Å². The van der Waals surface area contributed by atoms with Gasteiger partial charge in [0.15, 0.2) is 0 Å². The zero-order valence-corrected chi connectivity index (χ0v) is 12.0. The van der Waals surface area contributed by atoms with Crippen LogP contribution in [0.1, 0.15) is 32.0 Å². The highest BCUT2D eigenvalue weighted by molar-refractivity contribution is 5.38. The SMILES string of the molecule is COc1cc(NCCCN(C)C)nc(C(C)C)n1. The van der Waals surface area contributed by atoms with E-state index in [9.17, 15) is 0 Å². The number of nitrogens with zero attached hydrogens (tertiary/aromatic N) is 3. The van der Waals surface area contributed by atoms with Gasteiger partial charge in [-0.1, -0.05) is 13.8 Å². The normalized spacial score (nSPS) is 11.1. The van der Waals surface area contributed by atoms with Gasteiger partial charge in [0, 0.05) is 18.5 Å². The van der Waals surface area contributed by atoms with Gasteiger partial charge in [-0.2, -0.15) is 4.98 Å². The van der Waals surface area contributed by atoms with Gasteiger partial charge in [0.05, 0.1) is 7.11 Å². The van der Waals surface area contributed by atoms with Crippen molar-refractivity contribution < 1.29 is 4.74 Å². The molecule has 0 saturated carbocycles. The van der Waals surface area contributed by atoms with Crippen molar-refractivity contribution in [2.24, 2.45) is 0 Å². The predicted molar refractivity (Wildman–Crippen MR) is 74.3 cm³/mol. The van der Waals surface area contributed by atoms with Crippen LogP contribution in [0.3, 0.4) is 0 Å². The third-order valence-electron chi connectivity index (χ3n) is 2.53. The number of nitrogens with one attached hydrogen (secondary N) is 1. The quantitative estimate of drug-likeness (QED) is 0.752. The van der Waals surface area contributed by atoms with Gasteiger partial charge in [-0.05, 0) is 27.1 Å². The summed E-state index contributed by atoms with van der Waals surface area (Å²) >= 11 is 0. The molecule has 5 nitrogen and oxygen atoms in total. The van der Waals surface area contributed by atoms with E-state index in [1.54, 1.807) is 7.11 Å². The van der Waals surface area contributed by atoms with E-state index in [4.69, 9.17) is 4.74 Å². The van der Waals surface area contributed by atoms with E-state index in [1.807, 2.05) is 6.07 Å². The Hall–Kier alpha value is -1.36. The second-order valence-corrected chi connectivity index (χ2v) is 4.89. The number of ether oxygens (including phenoxy) is 1. The van der Waals surface area contributed by atoms with Crippen LogP contribution < -0.4 is 10.1 Å². The van der Waals surface area contributed by atoms with E-state index in [2.05, 4.69) is 48.1 Å². The van der Waals surface area contributed by atoms with Crippen LogP contribution in [-0.2, 0) is 0 Å². The molecule has 1 aromatic heterocycles. The van der Waals surface area contributed by atoms with Gasteiger partial charge in [0.1, 0.15) is 11.6 Å². The number of methoxy groups -OCH3 is 1. The minimum absolute atomic E-state index is 0.294. The highest BCUT2D eigenvalue weighted by atomic mass is 16.5. The van der Waals surface area contributed by atoms with Crippen molar-refractivity contribution in [3.05, 3.63) is 11.9 Å². The molecule has 5 heteroatoms. The van der Waals surface area contributed by atoms with Gasteiger partial charge in [0.2, 0.25) is 5.88 Å². The average Bonchev–Trinajstić information content (AvgIpc) is 2.34. The maximum atomic E-state index is 5.19. The zero-order valence-electron chi connectivity index (χ0n) is 12.0. The summed E-state index contributed by atoms with van der Waals surface area (Å²) in [5, 5.41) is 3.31. The third kappa shape index (κ3) is 4.87. The van der Waals surface area contributed by atoms with E-state index < -0.39 is 0 Å². The Balaban J connectivity index is 2.61. The molecule has 0 amide bonds. The molecule has 1 rings (SSSR count). The number of aromatic nitrogens is 2. The maximum Gasteiger partial charge on any atom is 0.218 e. The Labute approximate surface area is 110 Å². The summed E-state index contributed by atoms with van der Waals surface area (Å²) in [6, 6.07) is 1.83. The average molecular weight is 252 g/mol. The van der Waals surface area contributed by atoms with Crippen molar-refractivity contribution in [2.75, 3.05) is 39.6 Å². The second-order valence-electron chi connectivity index (χ2n) is 4.89. The fourth-order valence-corrected chi connectivity index (χ4v) is 1.51. The maximum absolute atomic E-state index is 5.19. The highest BCUT2D eigenvalue weighted by Crippen LogP contribution is 2.18. The van der Waals surface area contributed by atoms with Crippen LogP contribution in [-0.4, -0.2) is 49.2 Å². The summed E-state index contributed by atoms with van der Waals surface area (Å²) in [5.41, 5.74) is 0. The first-order chi connectivity index (χ1) is 8.52. The van der Waals surface area contributed by atoms with Gasteiger partial charge in [-0.25, -0.2) is 4.98 Å². The van der Waals surface area contributed by atoms with Crippen LogP contribution in [0.2, 0.25) is 0 Å². The summed E-state index contributed by atoms with van der Waals surface area (Å²) in [6.45, 7) is 6.11. The van der Waals surface area contributed by atoms with Gasteiger partial charge < -0.3 is 15.0 Å². The molecular formula is C13H24N4O. The van der Waals surface area contributed by atoms with Crippen molar-refractivity contribution in [2.45, 2.75) is 26.2 Å². The third-order valence-corrected chi connectivity index (χ3v) is 2.53. The van der Waals surface area contributed by atoms with Crippen LogP contribution in [0.25, 0.3) is 0 Å². The first-order valence-corrected chi connectivity index (χ1v) is 6.34. The van der Waals surface area contributed by atoms with E-state index in [-0.39, 0.29) is 0 Å². The molecule has 1 N–H and O–H groups in total. The number of anilines is 1. The number of hydrogen-bond acceptors (Lipinski definition) is 5. The Morgan fingerprint density at radius 2 is 2.06 bits per heavy atom. The summed E-state index contributed by atoms with van der Waals surface area (Å²) in [5.74, 6) is 2.56. The molecule has 0 aliphatic carbocycles. The standard InChI is InChI=1S/C13H24N4O/c1-10(2)13-15-11(9-12(16-13)18-5)14-7-6-8-17(3)4/h9-10H,6-8H2,1-5H3,(H,14,15,16). The Morgan fingerprint density at radius 1 is 1.33 bits per heavy atom. The van der Waals surface area contributed by atoms with E-state index in [0.717, 1.165) is 31.2 Å². The van der Waals surface area contributed by atoms with Crippen LogP contribution in [0.4, 0.5) is 5.82 Å². The zero-order chi connectivity index (χ0) is 13.5. The first kappa shape index (κ1) is 14.7. The molecule has 0 bridgehead atoms. The van der Waals surface area contributed by atoms with Crippen LogP contribution in [0.15, 0.2) is 6.07 Å². The molecule has 0 atom stereocenters. The summed E-state index contributed by atoms with van der Waals surface area (Å²) < 4.78 is 5.19. The molecular weight excluding hydrogens is 228 g/mol. The second kappa shape index (κ2) is 7.16. The largest absolute Gasteiger partial charge is 0.481 e. The molecule has 0 aliphatic rings.